The summed E-state index contributed by atoms with van der Waals surface area (Å²) >= 11 is 12.1. The first-order valence-corrected chi connectivity index (χ1v) is 9.82. The minimum Gasteiger partial charge on any atom is -0.497 e. The van der Waals surface area contributed by atoms with E-state index in [4.69, 9.17) is 32.7 Å². The number of benzene rings is 2. The molecular formula is C21H23Cl2NO3. The normalized spacial score (nSPS) is 16.4. The number of rotatable bonds is 7. The molecule has 27 heavy (non-hydrogen) atoms. The predicted octanol–water partition coefficient (Wildman–Crippen LogP) is 5.18. The maximum Gasteiger partial charge on any atom is 0.222 e. The van der Waals surface area contributed by atoms with Gasteiger partial charge in [0, 0.05) is 25.4 Å². The van der Waals surface area contributed by atoms with E-state index in [1.54, 1.807) is 25.3 Å². The molecule has 0 bridgehead atoms. The van der Waals surface area contributed by atoms with Crippen LogP contribution < -0.4 is 9.47 Å². The number of methoxy groups -OCH3 is 1. The van der Waals surface area contributed by atoms with Crippen LogP contribution in [0.1, 0.15) is 30.7 Å². The van der Waals surface area contributed by atoms with Gasteiger partial charge in [-0.1, -0.05) is 41.4 Å². The van der Waals surface area contributed by atoms with Gasteiger partial charge in [-0.3, -0.25) is 4.79 Å². The Morgan fingerprint density at radius 2 is 1.96 bits per heavy atom. The molecule has 1 fully saturated rings. The number of likely N-dealkylation sites (tertiary alicyclic amines) is 1. The molecule has 1 unspecified atom stereocenters. The van der Waals surface area contributed by atoms with Crippen molar-refractivity contribution in [3.63, 3.8) is 0 Å². The zero-order valence-electron chi connectivity index (χ0n) is 15.3. The topological polar surface area (TPSA) is 38.8 Å². The van der Waals surface area contributed by atoms with Crippen molar-refractivity contribution in [2.75, 3.05) is 26.8 Å². The molecule has 1 atom stereocenters. The van der Waals surface area contributed by atoms with Gasteiger partial charge in [-0.15, -0.1) is 0 Å². The van der Waals surface area contributed by atoms with Gasteiger partial charge in [0.05, 0.1) is 18.7 Å². The minimum atomic E-state index is 0.173. The highest BCUT2D eigenvalue weighted by atomic mass is 35.5. The summed E-state index contributed by atoms with van der Waals surface area (Å²) in [5, 5.41) is 0.874. The lowest BCUT2D eigenvalue weighted by molar-refractivity contribution is -0.130. The summed E-state index contributed by atoms with van der Waals surface area (Å²) in [5.41, 5.74) is 1.25. The fraction of sp³-hybridized carbons (Fsp3) is 0.381. The van der Waals surface area contributed by atoms with Crippen LogP contribution in [0.15, 0.2) is 42.5 Å². The molecule has 1 heterocycles. The molecule has 2 aromatic carbocycles. The number of hydrogen-bond donors (Lipinski definition) is 0. The van der Waals surface area contributed by atoms with Crippen LogP contribution in [0.4, 0.5) is 0 Å². The SMILES string of the molecule is COc1ccc(C2CCN(C(=O)CCCOc3cccc(Cl)c3Cl)C2)cc1. The summed E-state index contributed by atoms with van der Waals surface area (Å²) in [7, 11) is 1.66. The number of halogens is 2. The Morgan fingerprint density at radius 3 is 2.70 bits per heavy atom. The van der Waals surface area contributed by atoms with E-state index in [1.165, 1.54) is 5.56 Å². The molecule has 0 N–H and O–H groups in total. The fourth-order valence-corrected chi connectivity index (χ4v) is 3.64. The van der Waals surface area contributed by atoms with Crippen molar-refractivity contribution in [2.24, 2.45) is 0 Å². The van der Waals surface area contributed by atoms with E-state index in [0.29, 0.717) is 41.2 Å². The third kappa shape index (κ3) is 5.08. The van der Waals surface area contributed by atoms with Gasteiger partial charge in [-0.2, -0.15) is 0 Å². The third-order valence-electron chi connectivity index (χ3n) is 4.84. The molecule has 1 aliphatic rings. The van der Waals surface area contributed by atoms with Crippen molar-refractivity contribution < 1.29 is 14.3 Å². The van der Waals surface area contributed by atoms with E-state index in [-0.39, 0.29) is 5.91 Å². The van der Waals surface area contributed by atoms with E-state index in [0.717, 1.165) is 25.3 Å². The summed E-state index contributed by atoms with van der Waals surface area (Å²) in [6, 6.07) is 13.4. The Bertz CT molecular complexity index is 779. The molecule has 0 spiro atoms. The fourth-order valence-electron chi connectivity index (χ4n) is 3.29. The van der Waals surface area contributed by atoms with Gasteiger partial charge >= 0.3 is 0 Å². The van der Waals surface area contributed by atoms with Crippen LogP contribution >= 0.6 is 23.2 Å². The standard InChI is InChI=1S/C21H23Cl2NO3/c1-26-17-9-7-15(8-10-17)16-11-12-24(14-16)20(25)6-3-13-27-19-5-2-4-18(22)21(19)23/h2,4-5,7-10,16H,3,6,11-14H2,1H3. The summed E-state index contributed by atoms with van der Waals surface area (Å²) < 4.78 is 10.8. The lowest BCUT2D eigenvalue weighted by atomic mass is 9.98. The third-order valence-corrected chi connectivity index (χ3v) is 5.64. The van der Waals surface area contributed by atoms with Crippen LogP contribution in [0.25, 0.3) is 0 Å². The van der Waals surface area contributed by atoms with Crippen LogP contribution in [0.2, 0.25) is 10.0 Å². The zero-order chi connectivity index (χ0) is 19.2. The van der Waals surface area contributed by atoms with Gasteiger partial charge in [0.15, 0.2) is 0 Å². The van der Waals surface area contributed by atoms with E-state index in [2.05, 4.69) is 12.1 Å². The lowest BCUT2D eigenvalue weighted by Crippen LogP contribution is -2.28. The van der Waals surface area contributed by atoms with E-state index >= 15 is 0 Å². The number of carbonyl (C=O) groups is 1. The molecule has 1 amide bonds. The Kier molecular flexibility index (Phi) is 6.86. The lowest BCUT2D eigenvalue weighted by Gasteiger charge is -2.17. The zero-order valence-corrected chi connectivity index (χ0v) is 16.8. The van der Waals surface area contributed by atoms with Gasteiger partial charge in [-0.25, -0.2) is 0 Å². The largest absolute Gasteiger partial charge is 0.497 e. The molecule has 4 nitrogen and oxygen atoms in total. The van der Waals surface area contributed by atoms with E-state index in [1.807, 2.05) is 17.0 Å². The predicted molar refractivity (Wildman–Crippen MR) is 108 cm³/mol. The van der Waals surface area contributed by atoms with Gasteiger partial charge in [0.1, 0.15) is 16.5 Å². The molecule has 1 saturated heterocycles. The van der Waals surface area contributed by atoms with Gasteiger partial charge in [0.25, 0.3) is 0 Å². The van der Waals surface area contributed by atoms with Gasteiger partial charge in [-0.05, 0) is 42.7 Å². The van der Waals surface area contributed by atoms with E-state index < -0.39 is 0 Å². The molecule has 144 valence electrons. The average molecular weight is 408 g/mol. The molecule has 2 aromatic rings. The highest BCUT2D eigenvalue weighted by Crippen LogP contribution is 2.32. The van der Waals surface area contributed by atoms with Crippen molar-refractivity contribution in [2.45, 2.75) is 25.2 Å². The van der Waals surface area contributed by atoms with Crippen LogP contribution in [-0.2, 0) is 4.79 Å². The molecule has 6 heteroatoms. The average Bonchev–Trinajstić information content (AvgIpc) is 3.18. The second-order valence-corrected chi connectivity index (χ2v) is 7.39. The van der Waals surface area contributed by atoms with Gasteiger partial charge in [0.2, 0.25) is 5.91 Å². The smallest absolute Gasteiger partial charge is 0.222 e. The monoisotopic (exact) mass is 407 g/mol. The number of hydrogen-bond acceptors (Lipinski definition) is 3. The van der Waals surface area contributed by atoms with Gasteiger partial charge < -0.3 is 14.4 Å². The van der Waals surface area contributed by atoms with Crippen molar-refractivity contribution in [1.82, 2.24) is 4.90 Å². The first-order valence-electron chi connectivity index (χ1n) is 9.07. The van der Waals surface area contributed by atoms with Crippen LogP contribution in [-0.4, -0.2) is 37.6 Å². The van der Waals surface area contributed by atoms with Crippen LogP contribution in [0.5, 0.6) is 11.5 Å². The molecule has 1 aliphatic heterocycles. The molecule has 0 saturated carbocycles. The molecule has 0 aliphatic carbocycles. The first kappa shape index (κ1) is 19.8. The van der Waals surface area contributed by atoms with Crippen molar-refractivity contribution in [3.8, 4) is 11.5 Å². The maximum atomic E-state index is 12.5. The minimum absolute atomic E-state index is 0.173. The first-order chi connectivity index (χ1) is 13.1. The highest BCUT2D eigenvalue weighted by Gasteiger charge is 2.26. The summed E-state index contributed by atoms with van der Waals surface area (Å²) in [6.07, 6.45) is 2.10. The summed E-state index contributed by atoms with van der Waals surface area (Å²) in [5.74, 6) is 1.97. The number of nitrogens with zero attached hydrogens (tertiary/aromatic N) is 1. The molecule has 0 aromatic heterocycles. The number of ether oxygens (including phenoxy) is 2. The second kappa shape index (κ2) is 9.34. The maximum absolute atomic E-state index is 12.5. The van der Waals surface area contributed by atoms with Crippen LogP contribution in [0, 0.1) is 0 Å². The molecular weight excluding hydrogens is 385 g/mol. The van der Waals surface area contributed by atoms with Crippen molar-refractivity contribution >= 4 is 29.1 Å². The van der Waals surface area contributed by atoms with E-state index in [9.17, 15) is 4.79 Å². The number of amides is 1. The Morgan fingerprint density at radius 1 is 1.19 bits per heavy atom. The number of carbonyl (C=O) groups excluding carboxylic acids is 1. The van der Waals surface area contributed by atoms with Crippen LogP contribution in [0.3, 0.4) is 0 Å². The van der Waals surface area contributed by atoms with Crippen molar-refractivity contribution in [3.05, 3.63) is 58.1 Å². The highest BCUT2D eigenvalue weighted by molar-refractivity contribution is 6.42. The Hall–Kier alpha value is -1.91. The molecule has 0 radical (unpaired) electrons. The van der Waals surface area contributed by atoms with Crippen molar-refractivity contribution in [1.29, 1.82) is 0 Å². The summed E-state index contributed by atoms with van der Waals surface area (Å²) in [6.45, 7) is 2.00. The Balaban J connectivity index is 1.43. The Labute approximate surface area is 170 Å². The second-order valence-electron chi connectivity index (χ2n) is 6.60. The quantitative estimate of drug-likeness (QED) is 0.593. The molecule has 3 rings (SSSR count). The summed E-state index contributed by atoms with van der Waals surface area (Å²) in [4.78, 5) is 14.4.